The molecule has 1 N–H and O–H groups in total. The molecule has 1 saturated carbocycles. The Kier molecular flexibility index (Phi) is 6.27. The van der Waals surface area contributed by atoms with Crippen LogP contribution in [0.5, 0.6) is 0 Å². The van der Waals surface area contributed by atoms with Crippen LogP contribution in [0.15, 0.2) is 24.3 Å². The molecule has 1 aliphatic carbocycles. The van der Waals surface area contributed by atoms with E-state index >= 15 is 0 Å². The molecule has 0 spiro atoms. The van der Waals surface area contributed by atoms with Gasteiger partial charge in [0, 0.05) is 24.7 Å². The van der Waals surface area contributed by atoms with Crippen LogP contribution in [0.1, 0.15) is 67.3 Å². The molecule has 5 heteroatoms. The van der Waals surface area contributed by atoms with Crippen molar-refractivity contribution in [1.29, 1.82) is 5.26 Å². The molecule has 1 aromatic rings. The molecule has 5 nitrogen and oxygen atoms in total. The summed E-state index contributed by atoms with van der Waals surface area (Å²) in [7, 11) is 0. The van der Waals surface area contributed by atoms with Crippen LogP contribution in [0.4, 0.5) is 0 Å². The van der Waals surface area contributed by atoms with Crippen molar-refractivity contribution < 1.29 is 9.59 Å². The highest BCUT2D eigenvalue weighted by Gasteiger charge is 2.37. The van der Waals surface area contributed by atoms with E-state index in [2.05, 4.69) is 11.4 Å². The van der Waals surface area contributed by atoms with Gasteiger partial charge in [0.2, 0.25) is 5.91 Å². The zero-order chi connectivity index (χ0) is 18.4. The fourth-order valence-corrected chi connectivity index (χ4v) is 4.16. The fraction of sp³-hybridized carbons (Fsp3) is 0.571. The first kappa shape index (κ1) is 18.4. The summed E-state index contributed by atoms with van der Waals surface area (Å²) in [4.78, 5) is 27.8. The topological polar surface area (TPSA) is 73.2 Å². The molecule has 138 valence electrons. The van der Waals surface area contributed by atoms with Gasteiger partial charge in [0.15, 0.2) is 0 Å². The van der Waals surface area contributed by atoms with Gasteiger partial charge in [-0.15, -0.1) is 0 Å². The van der Waals surface area contributed by atoms with Crippen LogP contribution in [0.25, 0.3) is 0 Å². The van der Waals surface area contributed by atoms with Crippen LogP contribution in [0.3, 0.4) is 0 Å². The highest BCUT2D eigenvalue weighted by atomic mass is 16.2. The van der Waals surface area contributed by atoms with Crippen molar-refractivity contribution in [1.82, 2.24) is 10.2 Å². The molecule has 3 rings (SSSR count). The van der Waals surface area contributed by atoms with Crippen molar-refractivity contribution in [3.63, 3.8) is 0 Å². The maximum Gasteiger partial charge on any atom is 0.254 e. The highest BCUT2D eigenvalue weighted by molar-refractivity contribution is 5.95. The Labute approximate surface area is 155 Å². The molecule has 1 saturated heterocycles. The fourth-order valence-electron chi connectivity index (χ4n) is 4.16. The summed E-state index contributed by atoms with van der Waals surface area (Å²) in [6, 6.07) is 8.89. The van der Waals surface area contributed by atoms with Gasteiger partial charge in [-0.1, -0.05) is 25.7 Å². The second kappa shape index (κ2) is 8.84. The lowest BCUT2D eigenvalue weighted by molar-refractivity contribution is -0.128. The minimum atomic E-state index is -0.107. The van der Waals surface area contributed by atoms with Crippen LogP contribution in [-0.4, -0.2) is 35.8 Å². The zero-order valence-corrected chi connectivity index (χ0v) is 15.2. The number of nitriles is 1. The second-order valence-electron chi connectivity index (χ2n) is 7.35. The van der Waals surface area contributed by atoms with Gasteiger partial charge < -0.3 is 10.2 Å². The van der Waals surface area contributed by atoms with Gasteiger partial charge in [0.1, 0.15) is 0 Å². The Morgan fingerprint density at radius 2 is 1.77 bits per heavy atom. The van der Waals surface area contributed by atoms with Crippen LogP contribution >= 0.6 is 0 Å². The number of amides is 2. The summed E-state index contributed by atoms with van der Waals surface area (Å²) in [5.74, 6) is -0.0168. The van der Waals surface area contributed by atoms with Gasteiger partial charge in [-0.3, -0.25) is 9.59 Å². The lowest BCUT2D eigenvalue weighted by Gasteiger charge is -2.39. The summed E-state index contributed by atoms with van der Waals surface area (Å²) in [6.07, 6.45) is 7.98. The summed E-state index contributed by atoms with van der Waals surface area (Å²) >= 11 is 0. The molecule has 0 aromatic heterocycles. The average molecular weight is 353 g/mol. The average Bonchev–Trinajstić information content (AvgIpc) is 2.72. The molecule has 1 aliphatic heterocycles. The predicted octanol–water partition coefficient (Wildman–Crippen LogP) is 3.25. The summed E-state index contributed by atoms with van der Waals surface area (Å²) in [6.45, 7) is 1.44. The minimum absolute atomic E-state index is 0.0153. The molecular formula is C21H27N3O2. The highest BCUT2D eigenvalue weighted by Crippen LogP contribution is 2.30. The van der Waals surface area contributed by atoms with E-state index in [-0.39, 0.29) is 23.8 Å². The van der Waals surface area contributed by atoms with Crippen LogP contribution in [0.2, 0.25) is 0 Å². The van der Waals surface area contributed by atoms with E-state index in [1.54, 1.807) is 24.3 Å². The van der Waals surface area contributed by atoms with Gasteiger partial charge in [-0.25, -0.2) is 0 Å². The standard InChI is InChI=1S/C21H27N3O2/c22-15-16-9-11-17(12-10-16)21(26)24-14-6-2-1-5-13-23-20(25)18-7-3-4-8-19(18)24/h9-12,18-19H,1-8,13-14H2,(H,23,25)/t18-,19+/m1/s1. The number of hydrogen-bond donors (Lipinski definition) is 1. The van der Waals surface area contributed by atoms with Gasteiger partial charge in [-0.05, 0) is 49.9 Å². The number of hydrogen-bond acceptors (Lipinski definition) is 3. The largest absolute Gasteiger partial charge is 0.356 e. The van der Waals surface area contributed by atoms with Crippen molar-refractivity contribution in [2.24, 2.45) is 5.92 Å². The molecular weight excluding hydrogens is 326 g/mol. The third kappa shape index (κ3) is 4.24. The van der Waals surface area contributed by atoms with E-state index in [0.29, 0.717) is 17.7 Å². The van der Waals surface area contributed by atoms with E-state index in [9.17, 15) is 9.59 Å². The first-order valence-electron chi connectivity index (χ1n) is 9.79. The van der Waals surface area contributed by atoms with E-state index in [1.165, 1.54) is 0 Å². The van der Waals surface area contributed by atoms with Gasteiger partial charge in [-0.2, -0.15) is 5.26 Å². The Morgan fingerprint density at radius 1 is 1.04 bits per heavy atom. The Morgan fingerprint density at radius 3 is 2.54 bits per heavy atom. The third-order valence-corrected chi connectivity index (χ3v) is 5.61. The quantitative estimate of drug-likeness (QED) is 0.842. The number of nitrogens with one attached hydrogen (secondary N) is 1. The second-order valence-corrected chi connectivity index (χ2v) is 7.35. The molecule has 1 heterocycles. The summed E-state index contributed by atoms with van der Waals surface area (Å²) in [5, 5.41) is 12.0. The first-order valence-corrected chi connectivity index (χ1v) is 9.79. The minimum Gasteiger partial charge on any atom is -0.356 e. The van der Waals surface area contributed by atoms with Gasteiger partial charge in [0.05, 0.1) is 17.6 Å². The maximum absolute atomic E-state index is 13.2. The van der Waals surface area contributed by atoms with Gasteiger partial charge in [0.25, 0.3) is 5.91 Å². The van der Waals surface area contributed by atoms with Crippen molar-refractivity contribution in [3.8, 4) is 6.07 Å². The number of fused-ring (bicyclic) bond motifs is 1. The summed E-state index contributed by atoms with van der Waals surface area (Å²) < 4.78 is 0. The Hall–Kier alpha value is -2.35. The molecule has 2 atom stereocenters. The van der Waals surface area contributed by atoms with E-state index < -0.39 is 0 Å². The lowest BCUT2D eigenvalue weighted by atomic mass is 9.82. The first-order chi connectivity index (χ1) is 12.7. The number of carbonyl (C=O) groups excluding carboxylic acids is 2. The van der Waals surface area contributed by atoms with Crippen molar-refractivity contribution in [3.05, 3.63) is 35.4 Å². The SMILES string of the molecule is N#Cc1ccc(C(=O)N2CCCCCCNC(=O)[C@@H]3CCCC[C@@H]32)cc1. The molecule has 0 radical (unpaired) electrons. The molecule has 2 amide bonds. The molecule has 26 heavy (non-hydrogen) atoms. The molecule has 2 aliphatic rings. The van der Waals surface area contributed by atoms with Crippen LogP contribution in [-0.2, 0) is 4.79 Å². The number of rotatable bonds is 1. The molecule has 0 bridgehead atoms. The monoisotopic (exact) mass is 353 g/mol. The van der Waals surface area contributed by atoms with E-state index in [4.69, 9.17) is 5.26 Å². The Balaban J connectivity index is 1.86. The zero-order valence-electron chi connectivity index (χ0n) is 15.2. The summed E-state index contributed by atoms with van der Waals surface area (Å²) in [5.41, 5.74) is 1.15. The lowest BCUT2D eigenvalue weighted by Crippen LogP contribution is -2.51. The normalized spacial score (nSPS) is 24.6. The van der Waals surface area contributed by atoms with Gasteiger partial charge >= 0.3 is 0 Å². The van der Waals surface area contributed by atoms with Crippen molar-refractivity contribution in [2.45, 2.75) is 57.4 Å². The maximum atomic E-state index is 13.2. The number of carbonyl (C=O) groups is 2. The smallest absolute Gasteiger partial charge is 0.254 e. The molecule has 0 unspecified atom stereocenters. The van der Waals surface area contributed by atoms with Crippen LogP contribution < -0.4 is 5.32 Å². The number of benzene rings is 1. The van der Waals surface area contributed by atoms with Crippen molar-refractivity contribution >= 4 is 11.8 Å². The van der Waals surface area contributed by atoms with E-state index in [1.807, 2.05) is 4.90 Å². The van der Waals surface area contributed by atoms with E-state index in [0.717, 1.165) is 57.9 Å². The third-order valence-electron chi connectivity index (χ3n) is 5.61. The van der Waals surface area contributed by atoms with Crippen LogP contribution in [0, 0.1) is 17.2 Å². The molecule has 2 fully saturated rings. The molecule has 1 aromatic carbocycles. The predicted molar refractivity (Wildman–Crippen MR) is 99.4 cm³/mol. The number of nitrogens with zero attached hydrogens (tertiary/aromatic N) is 2. The Bertz CT molecular complexity index is 677. The van der Waals surface area contributed by atoms with Crippen molar-refractivity contribution in [2.75, 3.05) is 13.1 Å².